The summed E-state index contributed by atoms with van der Waals surface area (Å²) in [6, 6.07) is 3.95. The summed E-state index contributed by atoms with van der Waals surface area (Å²) in [5.74, 6) is 0. The Morgan fingerprint density at radius 3 is 2.67 bits per heavy atom. The minimum absolute atomic E-state index is 0.596. The van der Waals surface area contributed by atoms with Gasteiger partial charge in [-0.2, -0.15) is 4.37 Å². The van der Waals surface area contributed by atoms with E-state index in [1.165, 1.54) is 11.5 Å². The lowest BCUT2D eigenvalue weighted by Gasteiger charge is -1.92. The smallest absolute Gasteiger partial charge is 0.130 e. The Hall–Kier alpha value is -1.07. The highest BCUT2D eigenvalue weighted by Gasteiger charge is 2.09. The molecule has 0 aliphatic carbocycles. The average Bonchev–Trinajstić information content (AvgIpc) is 2.64. The molecule has 2 aromatic rings. The van der Waals surface area contributed by atoms with Crippen LogP contribution >= 0.6 is 22.9 Å². The van der Waals surface area contributed by atoms with Gasteiger partial charge in [-0.25, -0.2) is 0 Å². The van der Waals surface area contributed by atoms with Crippen molar-refractivity contribution in [3.8, 4) is 10.6 Å². The van der Waals surface area contributed by atoms with Crippen LogP contribution in [0.3, 0.4) is 0 Å². The molecule has 0 aliphatic rings. The highest BCUT2D eigenvalue weighted by molar-refractivity contribution is 7.14. The van der Waals surface area contributed by atoms with Crippen molar-refractivity contribution in [3.63, 3.8) is 0 Å². The topological polar surface area (TPSA) is 64.9 Å². The second-order valence-electron chi connectivity index (χ2n) is 2.29. The van der Waals surface area contributed by atoms with Crippen molar-refractivity contribution >= 4 is 33.6 Å². The van der Waals surface area contributed by atoms with Gasteiger partial charge in [-0.1, -0.05) is 6.07 Å². The van der Waals surface area contributed by atoms with Crippen LogP contribution in [-0.4, -0.2) is 4.37 Å². The number of nitrogen functional groups attached to an aromatic ring is 2. The van der Waals surface area contributed by atoms with E-state index in [0.717, 1.165) is 10.6 Å². The Labute approximate surface area is 77.8 Å². The molecule has 0 aromatic carbocycles. The first-order valence-corrected chi connectivity index (χ1v) is 4.99. The van der Waals surface area contributed by atoms with Crippen molar-refractivity contribution < 1.29 is 0 Å². The maximum Gasteiger partial charge on any atom is 0.130 e. The fraction of sp³-hybridized carbons (Fsp3) is 0. The molecule has 0 radical (unpaired) electrons. The molecule has 2 aromatic heterocycles. The number of hydrogen-bond donors (Lipinski definition) is 2. The van der Waals surface area contributed by atoms with Crippen LogP contribution in [0.2, 0.25) is 0 Å². The van der Waals surface area contributed by atoms with Crippen LogP contribution in [-0.2, 0) is 0 Å². The first kappa shape index (κ1) is 7.57. The van der Waals surface area contributed by atoms with Crippen molar-refractivity contribution in [3.05, 3.63) is 17.5 Å². The predicted molar refractivity (Wildman–Crippen MR) is 54.3 cm³/mol. The first-order valence-electron chi connectivity index (χ1n) is 3.33. The van der Waals surface area contributed by atoms with E-state index in [9.17, 15) is 0 Å². The van der Waals surface area contributed by atoms with Gasteiger partial charge in [-0.05, 0) is 23.0 Å². The molecule has 0 spiro atoms. The van der Waals surface area contributed by atoms with Crippen molar-refractivity contribution in [1.29, 1.82) is 0 Å². The molecule has 0 saturated heterocycles. The van der Waals surface area contributed by atoms with Crippen LogP contribution in [0.15, 0.2) is 17.5 Å². The summed E-state index contributed by atoms with van der Waals surface area (Å²) < 4.78 is 4.16. The highest BCUT2D eigenvalue weighted by Crippen LogP contribution is 2.34. The monoisotopic (exact) mass is 197 g/mol. The normalized spacial score (nSPS) is 10.3. The number of aromatic nitrogens is 1. The van der Waals surface area contributed by atoms with Crippen LogP contribution in [0.1, 0.15) is 0 Å². The summed E-state index contributed by atoms with van der Waals surface area (Å²) in [6.07, 6.45) is 0. The zero-order valence-electron chi connectivity index (χ0n) is 6.15. The molecular formula is C7H7N3S2. The number of thiophene rings is 1. The lowest BCUT2D eigenvalue weighted by atomic mass is 10.3. The van der Waals surface area contributed by atoms with E-state index in [2.05, 4.69) is 4.37 Å². The first-order chi connectivity index (χ1) is 5.79. The van der Waals surface area contributed by atoms with Crippen LogP contribution in [0.4, 0.5) is 10.7 Å². The van der Waals surface area contributed by atoms with Gasteiger partial charge in [-0.3, -0.25) is 0 Å². The SMILES string of the molecule is Nc1snc(-c2cccs2)c1N. The summed E-state index contributed by atoms with van der Waals surface area (Å²) in [5, 5.41) is 2.59. The Morgan fingerprint density at radius 2 is 2.17 bits per heavy atom. The molecule has 0 fully saturated rings. The molecule has 0 aliphatic heterocycles. The van der Waals surface area contributed by atoms with Gasteiger partial charge in [0.25, 0.3) is 0 Å². The minimum atomic E-state index is 0.596. The quantitative estimate of drug-likeness (QED) is 0.735. The summed E-state index contributed by atoms with van der Waals surface area (Å²) in [4.78, 5) is 1.07. The van der Waals surface area contributed by atoms with Crippen molar-refractivity contribution in [2.45, 2.75) is 0 Å². The molecule has 2 heterocycles. The van der Waals surface area contributed by atoms with Gasteiger partial charge in [0.2, 0.25) is 0 Å². The predicted octanol–water partition coefficient (Wildman–Crippen LogP) is 2.04. The molecule has 62 valence electrons. The third kappa shape index (κ3) is 1.07. The maximum absolute atomic E-state index is 5.72. The second kappa shape index (κ2) is 2.76. The third-order valence-electron chi connectivity index (χ3n) is 1.51. The molecular weight excluding hydrogens is 190 g/mol. The maximum atomic E-state index is 5.72. The number of nitrogens with zero attached hydrogens (tertiary/aromatic N) is 1. The van der Waals surface area contributed by atoms with E-state index < -0.39 is 0 Å². The summed E-state index contributed by atoms with van der Waals surface area (Å²) in [6.45, 7) is 0. The van der Waals surface area contributed by atoms with Crippen molar-refractivity contribution in [2.75, 3.05) is 11.5 Å². The van der Waals surface area contributed by atoms with Crippen molar-refractivity contribution in [1.82, 2.24) is 4.37 Å². The van der Waals surface area contributed by atoms with Crippen LogP contribution in [0.25, 0.3) is 10.6 Å². The lowest BCUT2D eigenvalue weighted by molar-refractivity contribution is 1.57. The van der Waals surface area contributed by atoms with Crippen LogP contribution in [0, 0.1) is 0 Å². The van der Waals surface area contributed by atoms with E-state index in [1.807, 2.05) is 17.5 Å². The Bertz CT molecular complexity index is 377. The highest BCUT2D eigenvalue weighted by atomic mass is 32.1. The molecule has 3 nitrogen and oxygen atoms in total. The molecule has 0 bridgehead atoms. The van der Waals surface area contributed by atoms with Gasteiger partial charge < -0.3 is 11.5 Å². The fourth-order valence-corrected chi connectivity index (χ4v) is 2.27. The molecule has 0 atom stereocenters. The van der Waals surface area contributed by atoms with Crippen LogP contribution in [0.5, 0.6) is 0 Å². The summed E-state index contributed by atoms with van der Waals surface area (Å²) in [7, 11) is 0. The molecule has 2 rings (SSSR count). The van der Waals surface area contributed by atoms with Gasteiger partial charge in [-0.15, -0.1) is 11.3 Å². The second-order valence-corrected chi connectivity index (χ2v) is 4.04. The molecule has 12 heavy (non-hydrogen) atoms. The van der Waals surface area contributed by atoms with E-state index in [1.54, 1.807) is 11.3 Å². The third-order valence-corrected chi connectivity index (χ3v) is 3.08. The Balaban J connectivity index is 2.55. The largest absolute Gasteiger partial charge is 0.394 e. The average molecular weight is 197 g/mol. The van der Waals surface area contributed by atoms with Crippen LogP contribution < -0.4 is 11.5 Å². The van der Waals surface area contributed by atoms with Gasteiger partial charge in [0, 0.05) is 0 Å². The molecule has 0 amide bonds. The standard InChI is InChI=1S/C7H7N3S2/c8-5-6(10-12-7(5)9)4-2-1-3-11-4/h1-3H,8-9H2. The zero-order chi connectivity index (χ0) is 8.55. The molecule has 4 N–H and O–H groups in total. The van der Waals surface area contributed by atoms with Gasteiger partial charge in [0.15, 0.2) is 0 Å². The number of hydrogen-bond acceptors (Lipinski definition) is 5. The Kier molecular flexibility index (Phi) is 1.74. The number of anilines is 2. The van der Waals surface area contributed by atoms with Crippen molar-refractivity contribution in [2.24, 2.45) is 0 Å². The summed E-state index contributed by atoms with van der Waals surface area (Å²) in [5.41, 5.74) is 12.7. The Morgan fingerprint density at radius 1 is 1.33 bits per heavy atom. The van der Waals surface area contributed by atoms with E-state index in [-0.39, 0.29) is 0 Å². The molecule has 0 unspecified atom stereocenters. The number of rotatable bonds is 1. The van der Waals surface area contributed by atoms with Gasteiger partial charge in [0.05, 0.1) is 10.6 Å². The molecule has 5 heteroatoms. The van der Waals surface area contributed by atoms with Gasteiger partial charge in [0.1, 0.15) is 10.7 Å². The minimum Gasteiger partial charge on any atom is -0.394 e. The van der Waals surface area contributed by atoms with Gasteiger partial charge >= 0.3 is 0 Å². The zero-order valence-corrected chi connectivity index (χ0v) is 7.78. The fourth-order valence-electron chi connectivity index (χ4n) is 0.901. The molecule has 0 saturated carbocycles. The number of nitrogens with two attached hydrogens (primary N) is 2. The van der Waals surface area contributed by atoms with E-state index >= 15 is 0 Å². The van der Waals surface area contributed by atoms with E-state index in [4.69, 9.17) is 11.5 Å². The van der Waals surface area contributed by atoms with E-state index in [0.29, 0.717) is 10.7 Å². The lowest BCUT2D eigenvalue weighted by Crippen LogP contribution is -1.90. The summed E-state index contributed by atoms with van der Waals surface area (Å²) >= 11 is 2.85.